The lowest BCUT2D eigenvalue weighted by atomic mass is 9.97. The number of benzene rings is 1. The van der Waals surface area contributed by atoms with Crippen molar-refractivity contribution < 1.29 is 4.74 Å². The van der Waals surface area contributed by atoms with Gasteiger partial charge in [-0.1, -0.05) is 35.5 Å². The monoisotopic (exact) mass is 467 g/mol. The summed E-state index contributed by atoms with van der Waals surface area (Å²) < 4.78 is 5.88. The van der Waals surface area contributed by atoms with Crippen molar-refractivity contribution in [3.05, 3.63) is 62.9 Å². The molecule has 2 N–H and O–H groups in total. The van der Waals surface area contributed by atoms with Gasteiger partial charge in [-0.15, -0.1) is 11.3 Å². The largest absolute Gasteiger partial charge is 0.392 e. The van der Waals surface area contributed by atoms with Crippen LogP contribution in [0, 0.1) is 17.9 Å². The summed E-state index contributed by atoms with van der Waals surface area (Å²) in [5.74, 6) is 0.675. The fourth-order valence-corrected chi connectivity index (χ4v) is 5.39. The van der Waals surface area contributed by atoms with E-state index in [2.05, 4.69) is 20.9 Å². The minimum Gasteiger partial charge on any atom is -0.392 e. The van der Waals surface area contributed by atoms with E-state index < -0.39 is 0 Å². The molecule has 1 saturated heterocycles. The molecule has 0 aliphatic carbocycles. The van der Waals surface area contributed by atoms with Crippen molar-refractivity contribution in [3.8, 4) is 16.6 Å². The zero-order valence-corrected chi connectivity index (χ0v) is 18.9. The third-order valence-electron chi connectivity index (χ3n) is 4.93. The number of rotatable bonds is 5. The minimum atomic E-state index is -0.298. The Kier molecular flexibility index (Phi) is 6.74. The van der Waals surface area contributed by atoms with Crippen molar-refractivity contribution in [1.29, 1.82) is 5.26 Å². The first-order valence-electron chi connectivity index (χ1n) is 9.66. The van der Waals surface area contributed by atoms with Crippen LogP contribution in [0.25, 0.3) is 15.4 Å². The molecule has 0 saturated carbocycles. The quantitative estimate of drug-likeness (QED) is 0.345. The van der Waals surface area contributed by atoms with E-state index in [1.807, 2.05) is 29.6 Å². The van der Waals surface area contributed by atoms with Crippen molar-refractivity contribution in [3.63, 3.8) is 0 Å². The number of nitrogens with two attached hydrogens (primary N) is 1. The summed E-state index contributed by atoms with van der Waals surface area (Å²) >= 11 is 8.91. The Morgan fingerprint density at radius 2 is 2.13 bits per heavy atom. The molecule has 0 spiro atoms. The van der Waals surface area contributed by atoms with Gasteiger partial charge in [0, 0.05) is 33.9 Å². The zero-order chi connectivity index (χ0) is 21.8. The normalized spacial score (nSPS) is 15.9. The number of aromatic nitrogens is 2. The molecule has 0 radical (unpaired) electrons. The molecule has 1 aliphatic rings. The molecule has 1 atom stereocenters. The molecule has 0 amide bonds. The van der Waals surface area contributed by atoms with Crippen molar-refractivity contribution >= 4 is 46.2 Å². The molecule has 1 fully saturated rings. The number of nitrogens with zero attached hydrogens (tertiary/aromatic N) is 4. The van der Waals surface area contributed by atoms with Gasteiger partial charge in [0.1, 0.15) is 21.9 Å². The number of hydrogen-bond donors (Lipinski definition) is 1. The van der Waals surface area contributed by atoms with Gasteiger partial charge in [-0.3, -0.25) is 0 Å². The van der Waals surface area contributed by atoms with Crippen LogP contribution in [0.1, 0.15) is 42.2 Å². The highest BCUT2D eigenvalue weighted by Crippen LogP contribution is 2.42. The summed E-state index contributed by atoms with van der Waals surface area (Å²) in [5, 5.41) is 14.0. The SMILES string of the molecule is [C-]#[N+]c1c(N)nc(SCc2csc(-c3ccc(Cl)cc3)n2)c(C#N)c1C1CCCCO1. The van der Waals surface area contributed by atoms with Gasteiger partial charge >= 0.3 is 0 Å². The lowest BCUT2D eigenvalue weighted by Crippen LogP contribution is -2.14. The van der Waals surface area contributed by atoms with Gasteiger partial charge in [0.05, 0.1) is 23.9 Å². The van der Waals surface area contributed by atoms with E-state index in [4.69, 9.17) is 28.6 Å². The summed E-state index contributed by atoms with van der Waals surface area (Å²) in [5.41, 5.74) is 9.17. The van der Waals surface area contributed by atoms with E-state index in [9.17, 15) is 5.26 Å². The maximum absolute atomic E-state index is 9.89. The molecule has 1 aliphatic heterocycles. The van der Waals surface area contributed by atoms with Crippen LogP contribution in [0.3, 0.4) is 0 Å². The first-order chi connectivity index (χ1) is 15.1. The zero-order valence-electron chi connectivity index (χ0n) is 16.5. The standard InChI is InChI=1S/C22H18ClN5OS2/c1-26-19-18(17-4-2-3-9-29-17)16(10-24)22(28-20(19)25)31-12-15-11-30-21(27-15)13-5-7-14(23)8-6-13/h5-8,11,17H,2-4,9,12H2,(H2,25,28). The van der Waals surface area contributed by atoms with Crippen molar-refractivity contribution in [2.24, 2.45) is 0 Å². The van der Waals surface area contributed by atoms with E-state index >= 15 is 0 Å². The molecule has 31 heavy (non-hydrogen) atoms. The first kappa shape index (κ1) is 21.6. The number of anilines is 1. The summed E-state index contributed by atoms with van der Waals surface area (Å²) in [6.07, 6.45) is 2.44. The Labute approximate surface area is 193 Å². The van der Waals surface area contributed by atoms with Crippen LogP contribution in [0.15, 0.2) is 34.7 Å². The highest BCUT2D eigenvalue weighted by molar-refractivity contribution is 7.98. The average molecular weight is 468 g/mol. The number of nitriles is 1. The van der Waals surface area contributed by atoms with Gasteiger partial charge in [-0.05, 0) is 31.4 Å². The highest BCUT2D eigenvalue weighted by Gasteiger charge is 2.27. The lowest BCUT2D eigenvalue weighted by Gasteiger charge is -2.25. The maximum Gasteiger partial charge on any atom is 0.235 e. The molecule has 3 heterocycles. The van der Waals surface area contributed by atoms with Gasteiger partial charge in [-0.2, -0.15) is 5.26 Å². The number of thiazole rings is 1. The Morgan fingerprint density at radius 3 is 2.81 bits per heavy atom. The average Bonchev–Trinajstić information content (AvgIpc) is 3.27. The van der Waals surface area contributed by atoms with Crippen molar-refractivity contribution in [1.82, 2.24) is 9.97 Å². The van der Waals surface area contributed by atoms with Crippen LogP contribution in [0.5, 0.6) is 0 Å². The number of hydrogen-bond acceptors (Lipinski definition) is 7. The second kappa shape index (κ2) is 9.67. The van der Waals surface area contributed by atoms with Crippen LogP contribution < -0.4 is 5.73 Å². The van der Waals surface area contributed by atoms with E-state index in [-0.39, 0.29) is 17.6 Å². The number of pyridine rings is 1. The molecule has 156 valence electrons. The Balaban J connectivity index is 1.60. The molecule has 2 aromatic heterocycles. The van der Waals surface area contributed by atoms with Crippen molar-refractivity contribution in [2.75, 3.05) is 12.3 Å². The van der Waals surface area contributed by atoms with Gasteiger partial charge in [-0.25, -0.2) is 14.8 Å². The number of thioether (sulfide) groups is 1. The van der Waals surface area contributed by atoms with Gasteiger partial charge < -0.3 is 10.5 Å². The van der Waals surface area contributed by atoms with Crippen LogP contribution in [0.4, 0.5) is 11.5 Å². The Bertz CT molecular complexity index is 1170. The number of ether oxygens (including phenoxy) is 1. The molecule has 0 bridgehead atoms. The number of halogens is 1. The minimum absolute atomic E-state index is 0.140. The molecule has 1 unspecified atom stereocenters. The van der Waals surface area contributed by atoms with E-state index in [1.165, 1.54) is 11.8 Å². The summed E-state index contributed by atoms with van der Waals surface area (Å²) in [6.45, 7) is 8.15. The molecular weight excluding hydrogens is 450 g/mol. The predicted molar refractivity (Wildman–Crippen MR) is 124 cm³/mol. The molecule has 9 heteroatoms. The second-order valence-electron chi connectivity index (χ2n) is 6.96. The summed E-state index contributed by atoms with van der Waals surface area (Å²) in [6, 6.07) is 9.80. The van der Waals surface area contributed by atoms with Gasteiger partial charge in [0.2, 0.25) is 5.69 Å². The van der Waals surface area contributed by atoms with Gasteiger partial charge in [0.25, 0.3) is 0 Å². The molecule has 6 nitrogen and oxygen atoms in total. The topological polar surface area (TPSA) is 89.2 Å². The van der Waals surface area contributed by atoms with E-state index in [0.717, 1.165) is 35.5 Å². The maximum atomic E-state index is 9.89. The molecular formula is C22H18ClN5OS2. The van der Waals surface area contributed by atoms with Gasteiger partial charge in [0.15, 0.2) is 0 Å². The fraction of sp³-hybridized carbons (Fsp3) is 0.273. The molecule has 4 rings (SSSR count). The first-order valence-corrected chi connectivity index (χ1v) is 11.9. The molecule has 1 aromatic carbocycles. The van der Waals surface area contributed by atoms with Crippen LogP contribution in [-0.4, -0.2) is 16.6 Å². The third-order valence-corrected chi connectivity index (χ3v) is 7.13. The Hall–Kier alpha value is -2.62. The number of nitrogen functional groups attached to an aromatic ring is 1. The molecule has 3 aromatic rings. The smallest absolute Gasteiger partial charge is 0.235 e. The van der Waals surface area contributed by atoms with Crippen LogP contribution in [0.2, 0.25) is 5.02 Å². The predicted octanol–water partition coefficient (Wildman–Crippen LogP) is 6.40. The summed E-state index contributed by atoms with van der Waals surface area (Å²) in [7, 11) is 0. The highest BCUT2D eigenvalue weighted by atomic mass is 35.5. The summed E-state index contributed by atoms with van der Waals surface area (Å²) in [4.78, 5) is 12.6. The van der Waals surface area contributed by atoms with Crippen LogP contribution >= 0.6 is 34.7 Å². The fourth-order valence-electron chi connectivity index (χ4n) is 3.44. The second-order valence-corrected chi connectivity index (χ2v) is 9.22. The van der Waals surface area contributed by atoms with E-state index in [1.54, 1.807) is 11.3 Å². The van der Waals surface area contributed by atoms with Crippen LogP contribution in [-0.2, 0) is 10.5 Å². The lowest BCUT2D eigenvalue weighted by molar-refractivity contribution is 0.0151. The van der Waals surface area contributed by atoms with E-state index in [0.29, 0.717) is 33.5 Å². The Morgan fingerprint density at radius 1 is 1.32 bits per heavy atom. The van der Waals surface area contributed by atoms with Crippen molar-refractivity contribution in [2.45, 2.75) is 36.1 Å². The third kappa shape index (κ3) is 4.68.